The summed E-state index contributed by atoms with van der Waals surface area (Å²) in [7, 11) is 0. The molecule has 1 N–H and O–H groups in total. The van der Waals surface area contributed by atoms with Crippen molar-refractivity contribution in [3.8, 4) is 0 Å². The molecule has 3 rings (SSSR count). The second-order valence-electron chi connectivity index (χ2n) is 5.88. The van der Waals surface area contributed by atoms with Crippen LogP contribution in [0.5, 0.6) is 0 Å². The van der Waals surface area contributed by atoms with Crippen molar-refractivity contribution in [1.82, 2.24) is 0 Å². The summed E-state index contributed by atoms with van der Waals surface area (Å²) in [5, 5.41) is 12.5. The van der Waals surface area contributed by atoms with E-state index in [4.69, 9.17) is 4.74 Å². The molecule has 0 saturated heterocycles. The van der Waals surface area contributed by atoms with Gasteiger partial charge in [-0.15, -0.1) is 11.3 Å². The van der Waals surface area contributed by atoms with E-state index in [1.165, 1.54) is 23.5 Å². The predicted octanol–water partition coefficient (Wildman–Crippen LogP) is 3.09. The fourth-order valence-electron chi connectivity index (χ4n) is 3.02. The van der Waals surface area contributed by atoms with Crippen molar-refractivity contribution in [1.29, 1.82) is 0 Å². The van der Waals surface area contributed by atoms with Crippen molar-refractivity contribution < 1.29 is 29.0 Å². The molecule has 0 saturated carbocycles. The largest absolute Gasteiger partial charge is 0.507 e. The number of aliphatic hydroxyl groups excluding tert-OH is 1. The van der Waals surface area contributed by atoms with E-state index >= 15 is 0 Å². The minimum atomic E-state index is -1.01. The Kier molecular flexibility index (Phi) is 5.32. The Labute approximate surface area is 159 Å². The summed E-state index contributed by atoms with van der Waals surface area (Å²) in [5.41, 5.74) is 0.187. The van der Waals surface area contributed by atoms with Crippen LogP contribution in [-0.4, -0.2) is 35.0 Å². The molecule has 1 aliphatic carbocycles. The first-order valence-corrected chi connectivity index (χ1v) is 9.18. The maximum atomic E-state index is 12.7. The maximum Gasteiger partial charge on any atom is 0.374 e. The Bertz CT molecular complexity index is 955. The highest BCUT2D eigenvalue weighted by Crippen LogP contribution is 2.39. The number of allylic oxidation sites excluding steroid dienone is 1. The van der Waals surface area contributed by atoms with E-state index in [2.05, 4.69) is 0 Å². The number of hydrogen-bond donors (Lipinski definition) is 1. The first kappa shape index (κ1) is 18.7. The number of carbonyl (C=O) groups is 4. The van der Waals surface area contributed by atoms with E-state index in [1.54, 1.807) is 36.6 Å². The van der Waals surface area contributed by atoms with Gasteiger partial charge in [0.2, 0.25) is 17.3 Å². The van der Waals surface area contributed by atoms with Crippen LogP contribution in [0.2, 0.25) is 0 Å². The highest BCUT2D eigenvalue weighted by Gasteiger charge is 2.39. The first-order valence-electron chi connectivity index (χ1n) is 8.30. The zero-order chi connectivity index (χ0) is 19.6. The highest BCUT2D eigenvalue weighted by atomic mass is 32.1. The van der Waals surface area contributed by atoms with Gasteiger partial charge in [0.05, 0.1) is 12.2 Å². The Morgan fingerprint density at radius 3 is 2.41 bits per heavy atom. The fraction of sp³-hybridized carbons (Fsp3) is 0.200. The molecule has 7 heteroatoms. The number of carbonyl (C=O) groups excluding carboxylic acids is 4. The van der Waals surface area contributed by atoms with Crippen molar-refractivity contribution in [2.24, 2.45) is 0 Å². The molecule has 1 heterocycles. The summed E-state index contributed by atoms with van der Waals surface area (Å²) in [6.45, 7) is 1.63. The molecule has 1 aromatic heterocycles. The van der Waals surface area contributed by atoms with Crippen molar-refractivity contribution in [2.75, 3.05) is 6.61 Å². The third-order valence-corrected chi connectivity index (χ3v) is 5.25. The van der Waals surface area contributed by atoms with Crippen molar-refractivity contribution in [2.45, 2.75) is 19.3 Å². The Morgan fingerprint density at radius 1 is 1.07 bits per heavy atom. The van der Waals surface area contributed by atoms with Crippen LogP contribution in [0, 0.1) is 0 Å². The number of ether oxygens (including phenoxy) is 1. The van der Waals surface area contributed by atoms with Crippen molar-refractivity contribution >= 4 is 40.4 Å². The molecule has 1 aliphatic rings. The maximum absolute atomic E-state index is 12.7. The van der Waals surface area contributed by atoms with Crippen LogP contribution >= 0.6 is 11.3 Å². The summed E-state index contributed by atoms with van der Waals surface area (Å²) in [6.07, 6.45) is -0.375. The van der Waals surface area contributed by atoms with Crippen LogP contribution in [0.25, 0.3) is 5.76 Å². The lowest BCUT2D eigenvalue weighted by Crippen LogP contribution is -2.29. The number of aliphatic hydroxyl groups is 1. The second kappa shape index (κ2) is 7.67. The molecule has 0 radical (unpaired) electrons. The van der Waals surface area contributed by atoms with Gasteiger partial charge in [-0.1, -0.05) is 30.3 Å². The van der Waals surface area contributed by atoms with E-state index in [1.807, 2.05) is 0 Å². The third kappa shape index (κ3) is 3.46. The van der Waals surface area contributed by atoms with Gasteiger partial charge in [0.25, 0.3) is 0 Å². The van der Waals surface area contributed by atoms with Crippen LogP contribution in [-0.2, 0) is 19.1 Å². The van der Waals surface area contributed by atoms with E-state index in [0.29, 0.717) is 4.88 Å². The molecule has 0 unspecified atom stereocenters. The zero-order valence-electron chi connectivity index (χ0n) is 14.4. The minimum absolute atomic E-state index is 0.0486. The summed E-state index contributed by atoms with van der Waals surface area (Å²) < 4.78 is 4.72. The number of benzene rings is 1. The van der Waals surface area contributed by atoms with Gasteiger partial charge in [0.1, 0.15) is 5.76 Å². The lowest BCUT2D eigenvalue weighted by molar-refractivity contribution is -0.153. The van der Waals surface area contributed by atoms with Crippen LogP contribution in [0.15, 0.2) is 47.4 Å². The average molecular weight is 384 g/mol. The summed E-state index contributed by atoms with van der Waals surface area (Å²) in [4.78, 5) is 49.8. The fourth-order valence-corrected chi connectivity index (χ4v) is 3.86. The Balaban J connectivity index is 2.09. The molecule has 0 aliphatic heterocycles. The summed E-state index contributed by atoms with van der Waals surface area (Å²) in [6, 6.07) is 9.65. The van der Waals surface area contributed by atoms with Gasteiger partial charge in [-0.05, 0) is 18.4 Å². The predicted molar refractivity (Wildman–Crippen MR) is 98.6 cm³/mol. The van der Waals surface area contributed by atoms with Gasteiger partial charge in [0, 0.05) is 28.3 Å². The monoisotopic (exact) mass is 384 g/mol. The minimum Gasteiger partial charge on any atom is -0.507 e. The number of Topliss-reactive ketones (excluding diaryl/α,β-unsaturated/α-hetero) is 3. The first-order chi connectivity index (χ1) is 13.0. The van der Waals surface area contributed by atoms with Crippen molar-refractivity contribution in [3.63, 3.8) is 0 Å². The van der Waals surface area contributed by atoms with Crippen LogP contribution in [0.3, 0.4) is 0 Å². The molecule has 6 nitrogen and oxygen atoms in total. The molecule has 0 bridgehead atoms. The van der Waals surface area contributed by atoms with E-state index in [9.17, 15) is 24.3 Å². The molecule has 1 aromatic carbocycles. The van der Waals surface area contributed by atoms with Gasteiger partial charge >= 0.3 is 5.97 Å². The number of rotatable bonds is 6. The topological polar surface area (TPSA) is 97.7 Å². The number of thiophene rings is 1. The van der Waals surface area contributed by atoms with Crippen molar-refractivity contribution in [3.05, 3.63) is 63.4 Å². The normalized spacial score (nSPS) is 14.7. The van der Waals surface area contributed by atoms with Crippen LogP contribution < -0.4 is 0 Å². The molecule has 0 spiro atoms. The lowest BCUT2D eigenvalue weighted by atomic mass is 9.80. The molecule has 1 atom stereocenters. The molecule has 27 heavy (non-hydrogen) atoms. The van der Waals surface area contributed by atoms with E-state index in [-0.39, 0.29) is 35.5 Å². The van der Waals surface area contributed by atoms with Gasteiger partial charge in [-0.3, -0.25) is 14.4 Å². The Morgan fingerprint density at radius 2 is 1.78 bits per heavy atom. The summed E-state index contributed by atoms with van der Waals surface area (Å²) >= 11 is 1.27. The molecular formula is C20H16O6S. The third-order valence-electron chi connectivity index (χ3n) is 4.26. The highest BCUT2D eigenvalue weighted by molar-refractivity contribution is 7.10. The molecule has 0 amide bonds. The zero-order valence-corrected chi connectivity index (χ0v) is 15.2. The number of ketones is 3. The SMILES string of the molecule is CCOC(=O)C(=O)C[C@@H](C1=C(O)c2ccccc2C(=O)C1=O)c1cccs1. The molecule has 138 valence electrons. The van der Waals surface area contributed by atoms with E-state index in [0.717, 1.165) is 0 Å². The molecule has 0 fully saturated rings. The smallest absolute Gasteiger partial charge is 0.374 e. The van der Waals surface area contributed by atoms with Gasteiger partial charge in [-0.2, -0.15) is 0 Å². The molecule has 2 aromatic rings. The number of hydrogen-bond acceptors (Lipinski definition) is 7. The van der Waals surface area contributed by atoms with Gasteiger partial charge in [0.15, 0.2) is 0 Å². The lowest BCUT2D eigenvalue weighted by Gasteiger charge is -2.23. The Hall–Kier alpha value is -3.06. The van der Waals surface area contributed by atoms with E-state index < -0.39 is 29.2 Å². The molecular weight excluding hydrogens is 368 g/mol. The summed E-state index contributed by atoms with van der Waals surface area (Å²) in [5.74, 6) is -4.70. The van der Waals surface area contributed by atoms with Gasteiger partial charge in [-0.25, -0.2) is 4.79 Å². The quantitative estimate of drug-likeness (QED) is 0.607. The average Bonchev–Trinajstić information content (AvgIpc) is 3.20. The van der Waals surface area contributed by atoms with Crippen LogP contribution in [0.4, 0.5) is 0 Å². The number of fused-ring (bicyclic) bond motifs is 1. The van der Waals surface area contributed by atoms with Crippen LogP contribution in [0.1, 0.15) is 40.1 Å². The number of esters is 1. The second-order valence-corrected chi connectivity index (χ2v) is 6.86. The standard InChI is InChI=1S/C20H16O6S/c1-2-26-20(25)14(21)10-13(15-8-5-9-27-15)16-17(22)11-6-3-4-7-12(11)18(23)19(16)24/h3-9,13,22H,2,10H2,1H3/t13-/m1/s1. The van der Waals surface area contributed by atoms with Gasteiger partial charge < -0.3 is 9.84 Å².